The minimum absolute atomic E-state index is 0.0740. The third-order valence-electron chi connectivity index (χ3n) is 3.99. The second-order valence-corrected chi connectivity index (χ2v) is 7.35. The lowest BCUT2D eigenvalue weighted by Gasteiger charge is -2.16. The number of sulfonamides is 1. The van der Waals surface area contributed by atoms with Gasteiger partial charge in [-0.25, -0.2) is 17.5 Å². The fraction of sp³-hybridized carbons (Fsp3) is 0.250. The normalized spacial score (nSPS) is 15.9. The summed E-state index contributed by atoms with van der Waals surface area (Å²) in [6.45, 7) is 0. The van der Waals surface area contributed by atoms with Crippen LogP contribution in [-0.2, 0) is 21.2 Å². The van der Waals surface area contributed by atoms with E-state index in [4.69, 9.17) is 0 Å². The fourth-order valence-corrected chi connectivity index (χ4v) is 3.47. The molecule has 7 heteroatoms. The molecule has 0 saturated heterocycles. The van der Waals surface area contributed by atoms with Crippen LogP contribution in [0.3, 0.4) is 0 Å². The molecule has 0 bridgehead atoms. The van der Waals surface area contributed by atoms with Crippen molar-refractivity contribution in [3.05, 3.63) is 60.2 Å². The predicted octanol–water partition coefficient (Wildman–Crippen LogP) is 2.05. The summed E-state index contributed by atoms with van der Waals surface area (Å²) in [5.74, 6) is -0.980. The summed E-state index contributed by atoms with van der Waals surface area (Å²) in [4.78, 5) is 16.1. The molecule has 1 heterocycles. The Morgan fingerprint density at radius 3 is 2.57 bits per heavy atom. The maximum absolute atomic E-state index is 13.8. The first kappa shape index (κ1) is 15.6. The standard InChI is InChI=1S/C16H15FN2O3S/c17-14-6-2-1-4-12(14)10-16(7-8-16)15(20)19-23(21,22)13-5-3-9-18-11-13/h1-6,9,11H,7-8,10H2,(H,19,20). The van der Waals surface area contributed by atoms with Crippen molar-refractivity contribution in [2.24, 2.45) is 5.41 Å². The van der Waals surface area contributed by atoms with Gasteiger partial charge in [-0.05, 0) is 43.0 Å². The van der Waals surface area contributed by atoms with Crippen LogP contribution < -0.4 is 4.72 Å². The molecule has 0 spiro atoms. The lowest BCUT2D eigenvalue weighted by molar-refractivity contribution is -0.124. The largest absolute Gasteiger partial charge is 0.273 e. The molecule has 0 unspecified atom stereocenters. The zero-order valence-corrected chi connectivity index (χ0v) is 13.0. The molecule has 3 rings (SSSR count). The van der Waals surface area contributed by atoms with Crippen LogP contribution in [-0.4, -0.2) is 19.3 Å². The van der Waals surface area contributed by atoms with Crippen molar-refractivity contribution in [1.82, 2.24) is 9.71 Å². The van der Waals surface area contributed by atoms with E-state index in [9.17, 15) is 17.6 Å². The van der Waals surface area contributed by atoms with Gasteiger partial charge in [0, 0.05) is 12.4 Å². The molecule has 0 radical (unpaired) electrons. The molecule has 0 aliphatic heterocycles. The number of hydrogen-bond donors (Lipinski definition) is 1. The Bertz CT molecular complexity index is 833. The van der Waals surface area contributed by atoms with Crippen molar-refractivity contribution >= 4 is 15.9 Å². The van der Waals surface area contributed by atoms with Gasteiger partial charge in [0.1, 0.15) is 10.7 Å². The number of amides is 1. The Balaban J connectivity index is 1.77. The molecule has 0 atom stereocenters. The van der Waals surface area contributed by atoms with Gasteiger partial charge in [0.25, 0.3) is 10.0 Å². The Labute approximate surface area is 133 Å². The number of pyridine rings is 1. The smallest absolute Gasteiger partial charge is 0.265 e. The van der Waals surface area contributed by atoms with E-state index in [0.717, 1.165) is 0 Å². The highest BCUT2D eigenvalue weighted by molar-refractivity contribution is 7.90. The van der Waals surface area contributed by atoms with Gasteiger partial charge in [0.15, 0.2) is 0 Å². The Kier molecular flexibility index (Phi) is 3.89. The third-order valence-corrected chi connectivity index (χ3v) is 5.31. The number of benzene rings is 1. The summed E-state index contributed by atoms with van der Waals surface area (Å²) in [7, 11) is -3.96. The highest BCUT2D eigenvalue weighted by Crippen LogP contribution is 2.49. The number of rotatable bonds is 5. The zero-order valence-electron chi connectivity index (χ0n) is 12.2. The van der Waals surface area contributed by atoms with Crippen LogP contribution in [0.15, 0.2) is 53.7 Å². The first-order chi connectivity index (χ1) is 10.9. The number of aromatic nitrogens is 1. The summed E-state index contributed by atoms with van der Waals surface area (Å²) in [6.07, 6.45) is 3.88. The topological polar surface area (TPSA) is 76.1 Å². The molecule has 120 valence electrons. The van der Waals surface area contributed by atoms with Crippen LogP contribution in [0.5, 0.6) is 0 Å². The molecule has 1 aliphatic carbocycles. The van der Waals surface area contributed by atoms with Gasteiger partial charge in [-0.3, -0.25) is 9.78 Å². The van der Waals surface area contributed by atoms with Crippen molar-refractivity contribution in [2.45, 2.75) is 24.2 Å². The molecule has 1 fully saturated rings. The monoisotopic (exact) mass is 334 g/mol. The number of hydrogen-bond acceptors (Lipinski definition) is 4. The first-order valence-corrected chi connectivity index (χ1v) is 8.62. The molecule has 1 aliphatic rings. The second kappa shape index (κ2) is 5.73. The molecule has 1 aromatic heterocycles. The van der Waals surface area contributed by atoms with Crippen LogP contribution in [0.2, 0.25) is 0 Å². The number of carbonyl (C=O) groups is 1. The molecular formula is C16H15FN2O3S. The van der Waals surface area contributed by atoms with Crippen LogP contribution in [0, 0.1) is 11.2 Å². The van der Waals surface area contributed by atoms with Gasteiger partial charge in [-0.2, -0.15) is 0 Å². The minimum atomic E-state index is -3.96. The van der Waals surface area contributed by atoms with Gasteiger partial charge in [-0.15, -0.1) is 0 Å². The molecular weight excluding hydrogens is 319 g/mol. The van der Waals surface area contributed by atoms with Gasteiger partial charge in [0.05, 0.1) is 5.41 Å². The number of carbonyl (C=O) groups excluding carboxylic acids is 1. The van der Waals surface area contributed by atoms with Gasteiger partial charge < -0.3 is 0 Å². The number of halogens is 1. The lowest BCUT2D eigenvalue weighted by Crippen LogP contribution is -2.37. The highest BCUT2D eigenvalue weighted by Gasteiger charge is 2.51. The molecule has 2 aromatic rings. The second-order valence-electron chi connectivity index (χ2n) is 5.67. The molecule has 1 N–H and O–H groups in total. The first-order valence-electron chi connectivity index (χ1n) is 7.14. The average molecular weight is 334 g/mol. The summed E-state index contributed by atoms with van der Waals surface area (Å²) in [6, 6.07) is 9.04. The van der Waals surface area contributed by atoms with Crippen molar-refractivity contribution in [3.8, 4) is 0 Å². The maximum atomic E-state index is 13.8. The van der Waals surface area contributed by atoms with E-state index in [2.05, 4.69) is 9.71 Å². The molecule has 1 saturated carbocycles. The SMILES string of the molecule is O=C(NS(=O)(=O)c1cccnc1)C1(Cc2ccccc2F)CC1. The summed E-state index contributed by atoms with van der Waals surface area (Å²) in [5, 5.41) is 0. The quantitative estimate of drug-likeness (QED) is 0.908. The van der Waals surface area contributed by atoms with Gasteiger partial charge >= 0.3 is 0 Å². The van der Waals surface area contributed by atoms with Crippen molar-refractivity contribution in [1.29, 1.82) is 0 Å². The summed E-state index contributed by atoms with van der Waals surface area (Å²) in [5.41, 5.74) is -0.434. The van der Waals surface area contributed by atoms with E-state index in [0.29, 0.717) is 18.4 Å². The minimum Gasteiger partial charge on any atom is -0.273 e. The molecule has 1 aromatic carbocycles. The van der Waals surface area contributed by atoms with Crippen LogP contribution in [0.1, 0.15) is 18.4 Å². The maximum Gasteiger partial charge on any atom is 0.265 e. The Morgan fingerprint density at radius 2 is 1.96 bits per heavy atom. The summed E-state index contributed by atoms with van der Waals surface area (Å²) < 4.78 is 40.2. The average Bonchev–Trinajstić information content (AvgIpc) is 3.31. The van der Waals surface area contributed by atoms with Gasteiger partial charge in [0.2, 0.25) is 5.91 Å². The Morgan fingerprint density at radius 1 is 1.22 bits per heavy atom. The predicted molar refractivity (Wildman–Crippen MR) is 81.3 cm³/mol. The fourth-order valence-electron chi connectivity index (χ4n) is 2.44. The van der Waals surface area contributed by atoms with E-state index in [1.54, 1.807) is 18.2 Å². The van der Waals surface area contributed by atoms with Crippen molar-refractivity contribution in [3.63, 3.8) is 0 Å². The summed E-state index contributed by atoms with van der Waals surface area (Å²) >= 11 is 0. The number of nitrogens with zero attached hydrogens (tertiary/aromatic N) is 1. The number of nitrogens with one attached hydrogen (secondary N) is 1. The van der Waals surface area contributed by atoms with E-state index < -0.39 is 21.3 Å². The van der Waals surface area contributed by atoms with E-state index >= 15 is 0 Å². The molecule has 1 amide bonds. The lowest BCUT2D eigenvalue weighted by atomic mass is 9.95. The van der Waals surface area contributed by atoms with Crippen LogP contribution in [0.4, 0.5) is 4.39 Å². The van der Waals surface area contributed by atoms with Gasteiger partial charge in [-0.1, -0.05) is 18.2 Å². The van der Waals surface area contributed by atoms with Crippen LogP contribution in [0.25, 0.3) is 0 Å². The molecule has 5 nitrogen and oxygen atoms in total. The van der Waals surface area contributed by atoms with Crippen LogP contribution >= 0.6 is 0 Å². The zero-order chi connectivity index (χ0) is 16.5. The van der Waals surface area contributed by atoms with E-state index in [1.165, 1.54) is 30.6 Å². The van der Waals surface area contributed by atoms with E-state index in [1.807, 2.05) is 0 Å². The molecule has 23 heavy (non-hydrogen) atoms. The Hall–Kier alpha value is -2.28. The van der Waals surface area contributed by atoms with E-state index in [-0.39, 0.29) is 17.1 Å². The third kappa shape index (κ3) is 3.24. The van der Waals surface area contributed by atoms with Crippen molar-refractivity contribution in [2.75, 3.05) is 0 Å². The van der Waals surface area contributed by atoms with Crippen molar-refractivity contribution < 1.29 is 17.6 Å². The highest BCUT2D eigenvalue weighted by atomic mass is 32.2.